The Bertz CT molecular complexity index is 532. The quantitative estimate of drug-likeness (QED) is 0.793. The van der Waals surface area contributed by atoms with Crippen molar-refractivity contribution < 1.29 is 9.53 Å². The van der Waals surface area contributed by atoms with Crippen LogP contribution in [0.4, 0.5) is 4.79 Å². The second-order valence-electron chi connectivity index (χ2n) is 8.21. The van der Waals surface area contributed by atoms with Gasteiger partial charge < -0.3 is 15.4 Å². The maximum Gasteiger partial charge on any atom is 0.407 e. The third kappa shape index (κ3) is 5.82. The SMILES string of the molecule is C[C@H](C[C@H](C)NCC1(c2ccccc2)CC1)NC(=O)OC(C)(C)C. The minimum absolute atomic E-state index is 0.0780. The average Bonchev–Trinajstić information content (AvgIpc) is 3.25. The Kier molecular flexibility index (Phi) is 5.92. The summed E-state index contributed by atoms with van der Waals surface area (Å²) in [5.41, 5.74) is 1.30. The zero-order valence-electron chi connectivity index (χ0n) is 15.7. The molecule has 0 aliphatic heterocycles. The molecule has 4 heteroatoms. The summed E-state index contributed by atoms with van der Waals surface area (Å²) in [6, 6.07) is 11.2. The molecule has 0 saturated heterocycles. The first-order valence-corrected chi connectivity index (χ1v) is 8.99. The summed E-state index contributed by atoms with van der Waals surface area (Å²) < 4.78 is 5.30. The van der Waals surface area contributed by atoms with E-state index in [9.17, 15) is 4.79 Å². The molecule has 134 valence electrons. The Morgan fingerprint density at radius 3 is 2.33 bits per heavy atom. The van der Waals surface area contributed by atoms with E-state index in [-0.39, 0.29) is 12.1 Å². The Morgan fingerprint density at radius 1 is 1.17 bits per heavy atom. The van der Waals surface area contributed by atoms with E-state index < -0.39 is 5.60 Å². The van der Waals surface area contributed by atoms with E-state index in [1.54, 1.807) is 0 Å². The number of hydrogen-bond acceptors (Lipinski definition) is 3. The van der Waals surface area contributed by atoms with E-state index in [4.69, 9.17) is 4.74 Å². The highest BCUT2D eigenvalue weighted by molar-refractivity contribution is 5.68. The normalized spacial score (nSPS) is 18.5. The van der Waals surface area contributed by atoms with Gasteiger partial charge in [-0.2, -0.15) is 0 Å². The third-order valence-electron chi connectivity index (χ3n) is 4.50. The molecule has 2 N–H and O–H groups in total. The summed E-state index contributed by atoms with van der Waals surface area (Å²) in [4.78, 5) is 11.8. The molecule has 0 unspecified atom stereocenters. The minimum Gasteiger partial charge on any atom is -0.444 e. The molecule has 0 radical (unpaired) electrons. The lowest BCUT2D eigenvalue weighted by Gasteiger charge is -2.25. The number of alkyl carbamates (subject to hydrolysis) is 1. The molecule has 0 heterocycles. The Hall–Kier alpha value is -1.55. The first-order valence-electron chi connectivity index (χ1n) is 8.99. The van der Waals surface area contributed by atoms with Crippen LogP contribution in [0.1, 0.15) is 59.4 Å². The molecule has 1 aliphatic carbocycles. The van der Waals surface area contributed by atoms with Gasteiger partial charge in [-0.15, -0.1) is 0 Å². The fourth-order valence-electron chi connectivity index (χ4n) is 3.06. The number of carbonyl (C=O) groups is 1. The number of nitrogens with one attached hydrogen (secondary N) is 2. The summed E-state index contributed by atoms with van der Waals surface area (Å²) in [6.07, 6.45) is 3.04. The number of rotatable bonds is 7. The van der Waals surface area contributed by atoms with Gasteiger partial charge in [0, 0.05) is 24.0 Å². The highest BCUT2D eigenvalue weighted by Gasteiger charge is 2.43. The fraction of sp³-hybridized carbons (Fsp3) is 0.650. The highest BCUT2D eigenvalue weighted by atomic mass is 16.6. The lowest BCUT2D eigenvalue weighted by Crippen LogP contribution is -2.42. The van der Waals surface area contributed by atoms with E-state index in [1.165, 1.54) is 18.4 Å². The van der Waals surface area contributed by atoms with E-state index in [1.807, 2.05) is 27.7 Å². The van der Waals surface area contributed by atoms with E-state index in [0.29, 0.717) is 11.5 Å². The smallest absolute Gasteiger partial charge is 0.407 e. The second kappa shape index (κ2) is 7.56. The topological polar surface area (TPSA) is 50.4 Å². The third-order valence-corrected chi connectivity index (χ3v) is 4.50. The molecule has 1 fully saturated rings. The molecule has 0 spiro atoms. The van der Waals surface area contributed by atoms with Gasteiger partial charge in [-0.05, 0) is 59.4 Å². The summed E-state index contributed by atoms with van der Waals surface area (Å²) in [5, 5.41) is 6.55. The molecule has 4 nitrogen and oxygen atoms in total. The molecule has 1 amide bonds. The zero-order chi connectivity index (χ0) is 17.8. The predicted octanol–water partition coefficient (Wildman–Crippen LogP) is 4.00. The standard InChI is InChI=1S/C20H32N2O2/c1-15(13-16(2)22-18(23)24-19(3,4)5)21-14-20(11-12-20)17-9-7-6-8-10-17/h6-10,15-16,21H,11-14H2,1-5H3,(H,22,23)/t15-,16+/m0/s1. The van der Waals surface area contributed by atoms with Gasteiger partial charge in [0.1, 0.15) is 5.60 Å². The predicted molar refractivity (Wildman–Crippen MR) is 98.3 cm³/mol. The summed E-state index contributed by atoms with van der Waals surface area (Å²) in [7, 11) is 0. The molecular formula is C20H32N2O2. The van der Waals surface area contributed by atoms with Crippen LogP contribution in [-0.2, 0) is 10.2 Å². The summed E-state index contributed by atoms with van der Waals surface area (Å²) in [6.45, 7) is 10.8. The van der Waals surface area contributed by atoms with Gasteiger partial charge in [0.05, 0.1) is 0 Å². The van der Waals surface area contributed by atoms with Crippen LogP contribution in [0.5, 0.6) is 0 Å². The highest BCUT2D eigenvalue weighted by Crippen LogP contribution is 2.47. The van der Waals surface area contributed by atoms with Crippen molar-refractivity contribution in [1.82, 2.24) is 10.6 Å². The molecule has 1 aliphatic rings. The monoisotopic (exact) mass is 332 g/mol. The van der Waals surface area contributed by atoms with Gasteiger partial charge in [0.15, 0.2) is 0 Å². The van der Waals surface area contributed by atoms with Crippen molar-refractivity contribution in [2.24, 2.45) is 0 Å². The maximum absolute atomic E-state index is 11.8. The maximum atomic E-state index is 11.8. The number of carbonyl (C=O) groups excluding carboxylic acids is 1. The molecule has 24 heavy (non-hydrogen) atoms. The summed E-state index contributed by atoms with van der Waals surface area (Å²) in [5.74, 6) is 0. The van der Waals surface area contributed by atoms with E-state index in [2.05, 4.69) is 47.9 Å². The van der Waals surface area contributed by atoms with Crippen molar-refractivity contribution in [3.05, 3.63) is 35.9 Å². The van der Waals surface area contributed by atoms with Crippen molar-refractivity contribution in [3.8, 4) is 0 Å². The first kappa shape index (κ1) is 18.8. The largest absolute Gasteiger partial charge is 0.444 e. The first-order chi connectivity index (χ1) is 11.2. The fourth-order valence-corrected chi connectivity index (χ4v) is 3.06. The number of benzene rings is 1. The molecule has 2 rings (SSSR count). The van der Waals surface area contributed by atoms with Crippen LogP contribution in [-0.4, -0.2) is 30.3 Å². The van der Waals surface area contributed by atoms with Crippen molar-refractivity contribution >= 4 is 6.09 Å². The van der Waals surface area contributed by atoms with Crippen molar-refractivity contribution in [2.75, 3.05) is 6.54 Å². The Morgan fingerprint density at radius 2 is 1.79 bits per heavy atom. The molecular weight excluding hydrogens is 300 g/mol. The van der Waals surface area contributed by atoms with Crippen LogP contribution in [0.3, 0.4) is 0 Å². The number of hydrogen-bond donors (Lipinski definition) is 2. The van der Waals surface area contributed by atoms with Gasteiger partial charge >= 0.3 is 6.09 Å². The Labute approximate surface area is 146 Å². The molecule has 0 bridgehead atoms. The van der Waals surface area contributed by atoms with Gasteiger partial charge in [0.25, 0.3) is 0 Å². The van der Waals surface area contributed by atoms with Crippen molar-refractivity contribution in [2.45, 2.75) is 77.0 Å². The Balaban J connectivity index is 1.73. The van der Waals surface area contributed by atoms with Gasteiger partial charge in [0.2, 0.25) is 0 Å². The van der Waals surface area contributed by atoms with Crippen molar-refractivity contribution in [1.29, 1.82) is 0 Å². The van der Waals surface area contributed by atoms with E-state index in [0.717, 1.165) is 13.0 Å². The molecule has 1 aromatic carbocycles. The van der Waals surface area contributed by atoms with Gasteiger partial charge in [-0.3, -0.25) is 0 Å². The van der Waals surface area contributed by atoms with Crippen LogP contribution in [0.15, 0.2) is 30.3 Å². The van der Waals surface area contributed by atoms with Crippen molar-refractivity contribution in [3.63, 3.8) is 0 Å². The van der Waals surface area contributed by atoms with Crippen LogP contribution in [0.25, 0.3) is 0 Å². The average molecular weight is 332 g/mol. The number of amides is 1. The van der Waals surface area contributed by atoms with Crippen LogP contribution in [0.2, 0.25) is 0 Å². The molecule has 0 aromatic heterocycles. The summed E-state index contributed by atoms with van der Waals surface area (Å²) >= 11 is 0. The minimum atomic E-state index is -0.457. The lowest BCUT2D eigenvalue weighted by atomic mass is 9.95. The zero-order valence-corrected chi connectivity index (χ0v) is 15.7. The van der Waals surface area contributed by atoms with Crippen LogP contribution in [0, 0.1) is 0 Å². The van der Waals surface area contributed by atoms with E-state index >= 15 is 0 Å². The van der Waals surface area contributed by atoms with Crippen LogP contribution >= 0.6 is 0 Å². The second-order valence-corrected chi connectivity index (χ2v) is 8.21. The molecule has 1 aromatic rings. The molecule has 1 saturated carbocycles. The van der Waals surface area contributed by atoms with Crippen LogP contribution < -0.4 is 10.6 Å². The molecule has 2 atom stereocenters. The van der Waals surface area contributed by atoms with Gasteiger partial charge in [-0.25, -0.2) is 4.79 Å². The van der Waals surface area contributed by atoms with Gasteiger partial charge in [-0.1, -0.05) is 30.3 Å². The number of ether oxygens (including phenoxy) is 1. The lowest BCUT2D eigenvalue weighted by molar-refractivity contribution is 0.0504.